The number of aromatic nitrogens is 3. The van der Waals surface area contributed by atoms with Crippen molar-refractivity contribution in [2.45, 2.75) is 153 Å². The zero-order valence-electron chi connectivity index (χ0n) is 38.8. The molecule has 15 atom stereocenters. The number of ketones is 1. The second-order valence-electron chi connectivity index (χ2n) is 19.0. The van der Waals surface area contributed by atoms with Crippen molar-refractivity contribution in [1.29, 1.82) is 0 Å². The van der Waals surface area contributed by atoms with Crippen molar-refractivity contribution in [1.82, 2.24) is 25.2 Å². The van der Waals surface area contributed by atoms with E-state index in [0.717, 1.165) is 18.5 Å². The van der Waals surface area contributed by atoms with Gasteiger partial charge in [0, 0.05) is 68.1 Å². The van der Waals surface area contributed by atoms with Crippen LogP contribution in [0, 0.1) is 33.8 Å². The van der Waals surface area contributed by atoms with Crippen LogP contribution in [0.25, 0.3) is 0 Å². The Hall–Kier alpha value is -3.99. The highest BCUT2D eigenvalue weighted by Gasteiger charge is 2.55. The summed E-state index contributed by atoms with van der Waals surface area (Å²) in [5.74, 6) is -4.79. The van der Waals surface area contributed by atoms with E-state index in [4.69, 9.17) is 23.8 Å². The Kier molecular flexibility index (Phi) is 16.5. The number of benzene rings is 1. The third-order valence-electron chi connectivity index (χ3n) is 14.1. The molecule has 2 bridgehead atoms. The van der Waals surface area contributed by atoms with Gasteiger partial charge in [0.1, 0.15) is 29.8 Å². The SMILES string of the molecule is CC[C@H]1OC(=O)[C@H](C)C(=O)[C@H](C)[C@@H](O[C@@H]2O[C@H](C)C[C@H](N(C)CCc3cn([C@H](CO)Cc4ccc([N+](=O)[O-])cc4)nn3)[C@H]2O)[C@@]2(C)C[C@@H](CO2)/C(=N\O[C@@H]2CCNC2)[C@H](C)[C@@H](O)[C@]1(C)O. The number of nitro groups is 1. The summed E-state index contributed by atoms with van der Waals surface area (Å²) in [6, 6.07) is 5.26. The second kappa shape index (κ2) is 21.3. The number of nitro benzene ring substituents is 1. The molecule has 4 saturated heterocycles. The lowest BCUT2D eigenvalue weighted by Crippen LogP contribution is -2.59. The van der Waals surface area contributed by atoms with Crippen molar-refractivity contribution in [2.24, 2.45) is 28.8 Å². The maximum absolute atomic E-state index is 14.4. The number of carbonyl (C=O) groups is 2. The number of carbonyl (C=O) groups excluding carboxylic acids is 2. The number of aliphatic hydroxyl groups excluding tert-OH is 3. The van der Waals surface area contributed by atoms with Crippen LogP contribution in [0.1, 0.15) is 91.4 Å². The second-order valence-corrected chi connectivity index (χ2v) is 19.0. The molecule has 6 rings (SSSR count). The van der Waals surface area contributed by atoms with Crippen LogP contribution < -0.4 is 5.32 Å². The van der Waals surface area contributed by atoms with Gasteiger partial charge in [-0.05, 0) is 72.5 Å². The molecule has 0 aliphatic carbocycles. The largest absolute Gasteiger partial charge is 0.459 e. The molecule has 4 fully saturated rings. The van der Waals surface area contributed by atoms with Gasteiger partial charge in [0.2, 0.25) is 0 Å². The molecule has 4 aliphatic heterocycles. The Balaban J connectivity index is 1.21. The van der Waals surface area contributed by atoms with Crippen LogP contribution in [0.4, 0.5) is 5.69 Å². The standard InChI is InChI=1S/C45H69N7O13/c1-9-36-45(7,58)40(56)26(3)37(48-65-34-14-16-46-21-34)30-20-44(6,61-24-30)41(27(4)38(54)28(5)42(57)63-36)64-43-39(55)35(18-25(2)62-43)50(8)17-15-31-22-51(49-47-31)33(23-53)19-29-10-12-32(13-11-29)52(59)60/h10-13,22,25-28,30,33-36,39-41,43,46,53,55-56,58H,9,14-21,23-24H2,1-8H3/b48-37-/t25-,26+,27+,28-,30+,33+,34-,35+,36-,39-,40-,41-,43+,44-,45-/m1/s1. The molecule has 65 heavy (non-hydrogen) atoms. The third-order valence-corrected chi connectivity index (χ3v) is 14.1. The van der Waals surface area contributed by atoms with E-state index in [1.54, 1.807) is 43.8 Å². The number of ether oxygens (including phenoxy) is 4. The van der Waals surface area contributed by atoms with Crippen molar-refractivity contribution in [3.63, 3.8) is 0 Å². The minimum absolute atomic E-state index is 0.0180. The molecule has 0 spiro atoms. The Bertz CT molecular complexity index is 1960. The number of nitrogens with zero attached hydrogens (tertiary/aromatic N) is 6. The number of hydrogen-bond donors (Lipinski definition) is 5. The third kappa shape index (κ3) is 11.4. The van der Waals surface area contributed by atoms with Crippen LogP contribution in [-0.2, 0) is 46.2 Å². The topological polar surface area (TPSA) is 263 Å². The van der Waals surface area contributed by atoms with Crippen molar-refractivity contribution >= 4 is 23.2 Å². The van der Waals surface area contributed by atoms with Crippen molar-refractivity contribution in [3.05, 3.63) is 51.8 Å². The highest BCUT2D eigenvalue weighted by Crippen LogP contribution is 2.43. The van der Waals surface area contributed by atoms with E-state index in [1.807, 2.05) is 25.8 Å². The molecule has 4 aliphatic rings. The molecule has 5 heterocycles. The van der Waals surface area contributed by atoms with Crippen molar-refractivity contribution in [2.75, 3.05) is 39.9 Å². The van der Waals surface area contributed by atoms with Crippen LogP contribution in [-0.4, -0.2) is 163 Å². The Morgan fingerprint density at radius 1 is 1.14 bits per heavy atom. The predicted molar refractivity (Wildman–Crippen MR) is 234 cm³/mol. The van der Waals surface area contributed by atoms with E-state index < -0.39 is 94.3 Å². The lowest BCUT2D eigenvalue weighted by molar-refractivity contribution is -0.384. The highest BCUT2D eigenvalue weighted by molar-refractivity contribution is 6.00. The maximum atomic E-state index is 14.4. The van der Waals surface area contributed by atoms with Gasteiger partial charge in [0.25, 0.3) is 5.69 Å². The fraction of sp³-hybridized carbons (Fsp3) is 0.756. The molecule has 0 radical (unpaired) electrons. The first kappa shape index (κ1) is 50.4. The zero-order chi connectivity index (χ0) is 47.4. The smallest absolute Gasteiger partial charge is 0.316 e. The number of cyclic esters (lactones) is 1. The van der Waals surface area contributed by atoms with Gasteiger partial charge in [-0.25, -0.2) is 4.68 Å². The number of Topliss-reactive ketones (excluding diaryl/α,β-unsaturated/α-hetero) is 1. The molecule has 1 aromatic heterocycles. The molecular formula is C45H69N7O13. The van der Waals surface area contributed by atoms with Gasteiger partial charge in [-0.3, -0.25) is 19.7 Å². The fourth-order valence-corrected chi connectivity index (χ4v) is 9.89. The van der Waals surface area contributed by atoms with E-state index >= 15 is 0 Å². The molecule has 2 aromatic rings. The first-order valence-electron chi connectivity index (χ1n) is 22.9. The Morgan fingerprint density at radius 3 is 2.51 bits per heavy atom. The lowest BCUT2D eigenvalue weighted by Gasteiger charge is -2.46. The predicted octanol–water partition coefficient (Wildman–Crippen LogP) is 2.14. The zero-order valence-corrected chi connectivity index (χ0v) is 38.8. The molecule has 362 valence electrons. The van der Waals surface area contributed by atoms with E-state index in [-0.39, 0.29) is 44.0 Å². The van der Waals surface area contributed by atoms with E-state index in [0.29, 0.717) is 43.8 Å². The average molecular weight is 916 g/mol. The van der Waals surface area contributed by atoms with Crippen LogP contribution >= 0.6 is 0 Å². The number of rotatable bonds is 14. The van der Waals surface area contributed by atoms with Gasteiger partial charge < -0.3 is 54.4 Å². The minimum atomic E-state index is -1.92. The quantitative estimate of drug-likeness (QED) is 0.0787. The molecular weight excluding hydrogens is 847 g/mol. The van der Waals surface area contributed by atoms with Crippen LogP contribution in [0.15, 0.2) is 35.6 Å². The van der Waals surface area contributed by atoms with Gasteiger partial charge in [-0.2, -0.15) is 0 Å². The lowest BCUT2D eigenvalue weighted by atomic mass is 9.75. The molecule has 0 saturated carbocycles. The van der Waals surface area contributed by atoms with Crippen LogP contribution in [0.2, 0.25) is 0 Å². The summed E-state index contributed by atoms with van der Waals surface area (Å²) < 4.78 is 27.1. The van der Waals surface area contributed by atoms with Gasteiger partial charge in [-0.15, -0.1) is 5.10 Å². The first-order chi connectivity index (χ1) is 30.8. The summed E-state index contributed by atoms with van der Waals surface area (Å²) in [7, 11) is 1.88. The monoisotopic (exact) mass is 915 g/mol. The van der Waals surface area contributed by atoms with E-state index in [2.05, 4.69) is 20.8 Å². The number of non-ortho nitro benzene ring substituents is 1. The Morgan fingerprint density at radius 2 is 1.86 bits per heavy atom. The number of hydrogen-bond acceptors (Lipinski definition) is 18. The Labute approximate surface area is 380 Å². The molecule has 1 aromatic carbocycles. The van der Waals surface area contributed by atoms with Crippen LogP contribution in [0.3, 0.4) is 0 Å². The average Bonchev–Trinajstić information content (AvgIpc) is 4.08. The van der Waals surface area contributed by atoms with Gasteiger partial charge in [0.15, 0.2) is 12.1 Å². The molecule has 0 unspecified atom stereocenters. The summed E-state index contributed by atoms with van der Waals surface area (Å²) in [4.78, 5) is 46.7. The van der Waals surface area contributed by atoms with E-state index in [9.17, 15) is 40.1 Å². The summed E-state index contributed by atoms with van der Waals surface area (Å²) >= 11 is 0. The number of fused-ring (bicyclic) bond motifs is 2. The first-order valence-corrected chi connectivity index (χ1v) is 22.9. The number of oxime groups is 1. The number of aliphatic hydroxyl groups is 4. The number of nitrogens with one attached hydrogen (secondary N) is 1. The van der Waals surface area contributed by atoms with Gasteiger partial charge >= 0.3 is 5.97 Å². The number of likely N-dealkylation sites (N-methyl/N-ethyl adjacent to an activating group) is 1. The fourth-order valence-electron chi connectivity index (χ4n) is 9.89. The normalized spacial score (nSPS) is 37.3. The highest BCUT2D eigenvalue weighted by atomic mass is 16.7. The van der Waals surface area contributed by atoms with E-state index in [1.165, 1.54) is 26.0 Å². The summed E-state index contributed by atoms with van der Waals surface area (Å²) in [5.41, 5.74) is -1.21. The minimum Gasteiger partial charge on any atom is -0.459 e. The molecule has 20 heteroatoms. The van der Waals surface area contributed by atoms with Gasteiger partial charge in [0.05, 0.1) is 59.5 Å². The van der Waals surface area contributed by atoms with Crippen molar-refractivity contribution in [3.8, 4) is 0 Å². The summed E-state index contributed by atoms with van der Waals surface area (Å²) in [6.07, 6.45) is -2.36. The summed E-state index contributed by atoms with van der Waals surface area (Å²) in [5, 5.41) is 73.4. The molecule has 5 N–H and O–H groups in total. The van der Waals surface area contributed by atoms with Crippen LogP contribution in [0.5, 0.6) is 0 Å². The summed E-state index contributed by atoms with van der Waals surface area (Å²) in [6.45, 7) is 13.4. The maximum Gasteiger partial charge on any atom is 0.316 e. The molecule has 0 amide bonds. The van der Waals surface area contributed by atoms with Gasteiger partial charge in [-0.1, -0.05) is 43.3 Å². The van der Waals surface area contributed by atoms with Crippen molar-refractivity contribution < 1.29 is 58.7 Å². The number of esters is 1. The molecule has 20 nitrogen and oxygen atoms in total.